The molecule has 2 N–H and O–H groups in total. The van der Waals surface area contributed by atoms with Crippen LogP contribution in [-0.4, -0.2) is 32.0 Å². The predicted octanol–water partition coefficient (Wildman–Crippen LogP) is 3.28. The van der Waals surface area contributed by atoms with Crippen molar-refractivity contribution in [2.45, 2.75) is 70.6 Å². The largest absolute Gasteiger partial charge is 0.379 e. The highest BCUT2D eigenvalue weighted by Crippen LogP contribution is 2.22. The minimum atomic E-state index is -0.0508. The fourth-order valence-electron chi connectivity index (χ4n) is 2.70. The van der Waals surface area contributed by atoms with Crippen LogP contribution in [0.2, 0.25) is 0 Å². The zero-order valence-electron chi connectivity index (χ0n) is 12.8. The summed E-state index contributed by atoms with van der Waals surface area (Å²) in [7, 11) is 1.74. The van der Waals surface area contributed by atoms with Crippen LogP contribution in [0.4, 0.5) is 0 Å². The van der Waals surface area contributed by atoms with Gasteiger partial charge in [0.25, 0.3) is 0 Å². The molecule has 3 nitrogen and oxygen atoms in total. The van der Waals surface area contributed by atoms with Gasteiger partial charge in [0.2, 0.25) is 0 Å². The predicted molar refractivity (Wildman–Crippen MR) is 80.2 cm³/mol. The van der Waals surface area contributed by atoms with Crippen LogP contribution in [0.3, 0.4) is 0 Å². The number of rotatable bonds is 8. The SMILES string of the molecule is CCCCCCCC=C[C@@H]1OC[C@H](C)[C@H](OC)[C@H]1N. The number of hydrogen-bond donors (Lipinski definition) is 1. The molecule has 0 aromatic rings. The molecule has 0 saturated carbocycles. The lowest BCUT2D eigenvalue weighted by Crippen LogP contribution is -2.54. The summed E-state index contributed by atoms with van der Waals surface area (Å²) < 4.78 is 11.3. The lowest BCUT2D eigenvalue weighted by molar-refractivity contribution is -0.0899. The summed E-state index contributed by atoms with van der Waals surface area (Å²) in [4.78, 5) is 0. The standard InChI is InChI=1S/C16H31NO2/c1-4-5-6-7-8-9-10-11-14-15(17)16(18-3)13(2)12-19-14/h10-11,13-16H,4-9,12,17H2,1-3H3/t13-,14-,15-,16-/m0/s1. The number of hydrogen-bond acceptors (Lipinski definition) is 3. The van der Waals surface area contributed by atoms with Crippen LogP contribution in [0.5, 0.6) is 0 Å². The Morgan fingerprint density at radius 1 is 1.26 bits per heavy atom. The Balaban J connectivity index is 2.24. The van der Waals surface area contributed by atoms with Crippen molar-refractivity contribution in [1.29, 1.82) is 0 Å². The van der Waals surface area contributed by atoms with Crippen molar-refractivity contribution in [1.82, 2.24) is 0 Å². The molecule has 0 bridgehead atoms. The number of ether oxygens (including phenoxy) is 2. The van der Waals surface area contributed by atoms with Gasteiger partial charge in [-0.05, 0) is 12.8 Å². The monoisotopic (exact) mass is 269 g/mol. The molecule has 0 radical (unpaired) electrons. The maximum Gasteiger partial charge on any atom is 0.0932 e. The van der Waals surface area contributed by atoms with E-state index in [2.05, 4.69) is 26.0 Å². The third kappa shape index (κ3) is 5.64. The summed E-state index contributed by atoms with van der Waals surface area (Å²) in [5, 5.41) is 0. The van der Waals surface area contributed by atoms with Gasteiger partial charge < -0.3 is 15.2 Å². The van der Waals surface area contributed by atoms with Crippen LogP contribution in [-0.2, 0) is 9.47 Å². The van der Waals surface area contributed by atoms with Gasteiger partial charge >= 0.3 is 0 Å². The van der Waals surface area contributed by atoms with Gasteiger partial charge in [0.15, 0.2) is 0 Å². The Kier molecular flexibility index (Phi) is 8.35. The molecule has 112 valence electrons. The van der Waals surface area contributed by atoms with Gasteiger partial charge in [-0.1, -0.05) is 51.7 Å². The summed E-state index contributed by atoms with van der Waals surface area (Å²) in [6, 6.07) is -0.0508. The Bertz CT molecular complexity index is 255. The van der Waals surface area contributed by atoms with Crippen LogP contribution in [0.1, 0.15) is 52.4 Å². The Labute approximate surface area is 118 Å². The van der Waals surface area contributed by atoms with Crippen molar-refractivity contribution in [3.05, 3.63) is 12.2 Å². The first-order valence-corrected chi connectivity index (χ1v) is 7.77. The van der Waals surface area contributed by atoms with Crippen LogP contribution < -0.4 is 5.73 Å². The Morgan fingerprint density at radius 2 is 2.00 bits per heavy atom. The first kappa shape index (κ1) is 16.7. The average molecular weight is 269 g/mol. The van der Waals surface area contributed by atoms with Crippen LogP contribution in [0.15, 0.2) is 12.2 Å². The van der Waals surface area contributed by atoms with Crippen LogP contribution >= 0.6 is 0 Å². The van der Waals surface area contributed by atoms with E-state index in [-0.39, 0.29) is 18.2 Å². The molecule has 0 aromatic carbocycles. The molecule has 19 heavy (non-hydrogen) atoms. The zero-order chi connectivity index (χ0) is 14.1. The molecule has 0 aliphatic carbocycles. The lowest BCUT2D eigenvalue weighted by Gasteiger charge is -2.37. The summed E-state index contributed by atoms with van der Waals surface area (Å²) in [6.45, 7) is 5.11. The Morgan fingerprint density at radius 3 is 2.68 bits per heavy atom. The van der Waals surface area contributed by atoms with Crippen molar-refractivity contribution in [2.75, 3.05) is 13.7 Å². The van der Waals surface area contributed by atoms with Gasteiger partial charge in [0.05, 0.1) is 24.9 Å². The summed E-state index contributed by atoms with van der Waals surface area (Å²) in [5.41, 5.74) is 6.20. The summed E-state index contributed by atoms with van der Waals surface area (Å²) >= 11 is 0. The summed E-state index contributed by atoms with van der Waals surface area (Å²) in [6.07, 6.45) is 12.2. The van der Waals surface area contributed by atoms with E-state index >= 15 is 0 Å². The van der Waals surface area contributed by atoms with E-state index in [1.807, 2.05) is 0 Å². The normalized spacial score (nSPS) is 32.0. The molecule has 1 rings (SSSR count). The van der Waals surface area contributed by atoms with Gasteiger partial charge in [0.1, 0.15) is 0 Å². The maximum absolute atomic E-state index is 6.20. The van der Waals surface area contributed by atoms with Gasteiger partial charge in [-0.15, -0.1) is 0 Å². The van der Waals surface area contributed by atoms with Crippen LogP contribution in [0.25, 0.3) is 0 Å². The van der Waals surface area contributed by atoms with Crippen molar-refractivity contribution >= 4 is 0 Å². The van der Waals surface area contributed by atoms with E-state index in [1.54, 1.807) is 7.11 Å². The molecular formula is C16H31NO2. The lowest BCUT2D eigenvalue weighted by atomic mass is 9.91. The molecule has 1 fully saturated rings. The minimum Gasteiger partial charge on any atom is -0.379 e. The second-order valence-corrected chi connectivity index (χ2v) is 5.68. The second-order valence-electron chi connectivity index (χ2n) is 5.68. The fourth-order valence-corrected chi connectivity index (χ4v) is 2.70. The minimum absolute atomic E-state index is 0.0109. The molecule has 1 aliphatic heterocycles. The highest BCUT2D eigenvalue weighted by atomic mass is 16.5. The molecule has 1 saturated heterocycles. The van der Waals surface area contributed by atoms with E-state index < -0.39 is 0 Å². The molecule has 1 aliphatic rings. The number of methoxy groups -OCH3 is 1. The topological polar surface area (TPSA) is 44.5 Å². The van der Waals surface area contributed by atoms with Gasteiger partial charge in [-0.3, -0.25) is 0 Å². The molecular weight excluding hydrogens is 238 g/mol. The molecule has 1 heterocycles. The summed E-state index contributed by atoms with van der Waals surface area (Å²) in [5.74, 6) is 0.374. The first-order valence-electron chi connectivity index (χ1n) is 7.77. The van der Waals surface area contributed by atoms with E-state index in [9.17, 15) is 0 Å². The van der Waals surface area contributed by atoms with Gasteiger partial charge in [0, 0.05) is 13.0 Å². The molecule has 0 amide bonds. The van der Waals surface area contributed by atoms with Gasteiger partial charge in [-0.25, -0.2) is 0 Å². The van der Waals surface area contributed by atoms with Crippen LogP contribution in [0, 0.1) is 5.92 Å². The molecule has 0 unspecified atom stereocenters. The molecule has 0 spiro atoms. The molecule has 4 atom stereocenters. The van der Waals surface area contributed by atoms with Gasteiger partial charge in [-0.2, -0.15) is 0 Å². The third-order valence-corrected chi connectivity index (χ3v) is 3.94. The molecule has 3 heteroatoms. The van der Waals surface area contributed by atoms with E-state index in [0.717, 1.165) is 13.0 Å². The quantitative estimate of drug-likeness (QED) is 0.543. The Hall–Kier alpha value is -0.380. The number of allylic oxidation sites excluding steroid dienone is 1. The third-order valence-electron chi connectivity index (χ3n) is 3.94. The zero-order valence-corrected chi connectivity index (χ0v) is 12.8. The van der Waals surface area contributed by atoms with E-state index in [0.29, 0.717) is 5.92 Å². The smallest absolute Gasteiger partial charge is 0.0932 e. The molecule has 0 aromatic heterocycles. The number of nitrogens with two attached hydrogens (primary N) is 1. The maximum atomic E-state index is 6.20. The highest BCUT2D eigenvalue weighted by molar-refractivity contribution is 5.01. The van der Waals surface area contributed by atoms with Crippen molar-refractivity contribution < 1.29 is 9.47 Å². The van der Waals surface area contributed by atoms with Crippen molar-refractivity contribution in [3.8, 4) is 0 Å². The fraction of sp³-hybridized carbons (Fsp3) is 0.875. The van der Waals surface area contributed by atoms with Crippen molar-refractivity contribution in [2.24, 2.45) is 11.7 Å². The van der Waals surface area contributed by atoms with E-state index in [1.165, 1.54) is 32.1 Å². The average Bonchev–Trinajstić information content (AvgIpc) is 2.40. The van der Waals surface area contributed by atoms with Crippen molar-refractivity contribution in [3.63, 3.8) is 0 Å². The van der Waals surface area contributed by atoms with E-state index in [4.69, 9.17) is 15.2 Å². The first-order chi connectivity index (χ1) is 9.20. The second kappa shape index (κ2) is 9.51. The highest BCUT2D eigenvalue weighted by Gasteiger charge is 2.34. The number of unbranched alkanes of at least 4 members (excludes halogenated alkanes) is 5.